The summed E-state index contributed by atoms with van der Waals surface area (Å²) in [6, 6.07) is 9.58. The molecule has 1 fully saturated rings. The molecule has 0 saturated carbocycles. The van der Waals surface area contributed by atoms with Crippen molar-refractivity contribution in [3.63, 3.8) is 0 Å². The molecule has 5 nitrogen and oxygen atoms in total. The number of hydrogen-bond acceptors (Lipinski definition) is 5. The van der Waals surface area contributed by atoms with Crippen LogP contribution in [0.4, 0.5) is 0 Å². The maximum Gasteiger partial charge on any atom is 0.150 e. The number of hydrogen-bond donors (Lipinski definition) is 1. The average Bonchev–Trinajstić information content (AvgIpc) is 3.20. The molecule has 1 aromatic carbocycles. The Balaban J connectivity index is 1.79. The Hall–Kier alpha value is -1.85. The number of methoxy groups -OCH3 is 1. The summed E-state index contributed by atoms with van der Waals surface area (Å²) < 4.78 is 10.4. The minimum Gasteiger partial charge on any atom is -0.497 e. The quantitative estimate of drug-likeness (QED) is 0.920. The van der Waals surface area contributed by atoms with Gasteiger partial charge in [0.25, 0.3) is 0 Å². The van der Waals surface area contributed by atoms with Gasteiger partial charge in [0.1, 0.15) is 11.4 Å². The van der Waals surface area contributed by atoms with Gasteiger partial charge in [0.15, 0.2) is 5.76 Å². The molecular weight excluding hydrogens is 280 g/mol. The van der Waals surface area contributed by atoms with Crippen LogP contribution in [0.1, 0.15) is 31.1 Å². The SMILES string of the molecule is COc1ccc([C@@](C)(O)[C@@H]2CCCN2Cc2ccno2)cc1. The zero-order chi connectivity index (χ0) is 15.6. The molecule has 22 heavy (non-hydrogen) atoms. The molecule has 2 heterocycles. The van der Waals surface area contributed by atoms with E-state index in [1.165, 1.54) is 0 Å². The van der Waals surface area contributed by atoms with E-state index in [4.69, 9.17) is 9.26 Å². The first kappa shape index (κ1) is 15.1. The normalized spacial score (nSPS) is 21.7. The Bertz CT molecular complexity index is 593. The van der Waals surface area contributed by atoms with E-state index in [9.17, 15) is 5.11 Å². The van der Waals surface area contributed by atoms with Gasteiger partial charge in [-0.2, -0.15) is 0 Å². The van der Waals surface area contributed by atoms with E-state index in [1.807, 2.05) is 37.3 Å². The summed E-state index contributed by atoms with van der Waals surface area (Å²) in [7, 11) is 1.64. The Labute approximate surface area is 130 Å². The van der Waals surface area contributed by atoms with Crippen molar-refractivity contribution in [1.82, 2.24) is 10.1 Å². The van der Waals surface area contributed by atoms with Crippen LogP contribution in [0, 0.1) is 0 Å². The van der Waals surface area contributed by atoms with Gasteiger partial charge in [-0.3, -0.25) is 4.90 Å². The average molecular weight is 302 g/mol. The molecule has 0 radical (unpaired) electrons. The molecule has 1 saturated heterocycles. The second-order valence-electron chi connectivity index (χ2n) is 5.98. The molecule has 0 bridgehead atoms. The van der Waals surface area contributed by atoms with Crippen molar-refractivity contribution in [3.05, 3.63) is 47.9 Å². The van der Waals surface area contributed by atoms with Gasteiger partial charge in [0.2, 0.25) is 0 Å². The van der Waals surface area contributed by atoms with Crippen LogP contribution in [0.3, 0.4) is 0 Å². The molecular formula is C17H22N2O3. The zero-order valence-electron chi connectivity index (χ0n) is 13.0. The molecule has 0 unspecified atom stereocenters. The molecule has 0 spiro atoms. The lowest BCUT2D eigenvalue weighted by molar-refractivity contribution is -0.0274. The monoisotopic (exact) mass is 302 g/mol. The van der Waals surface area contributed by atoms with Gasteiger partial charge in [-0.25, -0.2) is 0 Å². The highest BCUT2D eigenvalue weighted by Gasteiger charge is 2.40. The van der Waals surface area contributed by atoms with E-state index in [2.05, 4.69) is 10.1 Å². The summed E-state index contributed by atoms with van der Waals surface area (Å²) in [5.41, 5.74) is -0.00855. The van der Waals surface area contributed by atoms with Crippen molar-refractivity contribution in [3.8, 4) is 5.75 Å². The maximum absolute atomic E-state index is 11.1. The Morgan fingerprint density at radius 1 is 1.36 bits per heavy atom. The fourth-order valence-corrected chi connectivity index (χ4v) is 3.30. The molecule has 1 aliphatic rings. The largest absolute Gasteiger partial charge is 0.497 e. The van der Waals surface area contributed by atoms with Crippen molar-refractivity contribution in [2.75, 3.05) is 13.7 Å². The van der Waals surface area contributed by atoms with Gasteiger partial charge in [-0.15, -0.1) is 0 Å². The summed E-state index contributed by atoms with van der Waals surface area (Å²) in [6.45, 7) is 3.52. The fourth-order valence-electron chi connectivity index (χ4n) is 3.30. The Morgan fingerprint density at radius 3 is 2.77 bits per heavy atom. The number of rotatable bonds is 5. The molecule has 1 aliphatic heterocycles. The standard InChI is InChI=1S/C17H22N2O3/c1-17(20,13-5-7-14(21-2)8-6-13)16-4-3-11-19(16)12-15-9-10-18-22-15/h5-10,16,20H,3-4,11-12H2,1-2H3/t16-,17+/m0/s1. The van der Waals surface area contributed by atoms with Crippen LogP contribution in [-0.2, 0) is 12.1 Å². The first-order chi connectivity index (χ1) is 10.6. The van der Waals surface area contributed by atoms with Gasteiger partial charge < -0.3 is 14.4 Å². The molecule has 0 amide bonds. The lowest BCUT2D eigenvalue weighted by Gasteiger charge is -2.36. The van der Waals surface area contributed by atoms with Crippen LogP contribution in [-0.4, -0.2) is 34.9 Å². The number of likely N-dealkylation sites (tertiary alicyclic amines) is 1. The Kier molecular flexibility index (Phi) is 4.18. The summed E-state index contributed by atoms with van der Waals surface area (Å²) in [4.78, 5) is 2.27. The van der Waals surface area contributed by atoms with E-state index in [1.54, 1.807) is 13.3 Å². The minimum absolute atomic E-state index is 0.0611. The lowest BCUT2D eigenvalue weighted by Crippen LogP contribution is -2.45. The predicted molar refractivity (Wildman–Crippen MR) is 82.5 cm³/mol. The molecule has 2 atom stereocenters. The van der Waals surface area contributed by atoms with E-state index in [0.717, 1.165) is 36.5 Å². The van der Waals surface area contributed by atoms with Crippen molar-refractivity contribution in [1.29, 1.82) is 0 Å². The fraction of sp³-hybridized carbons (Fsp3) is 0.471. The van der Waals surface area contributed by atoms with Crippen molar-refractivity contribution in [2.24, 2.45) is 0 Å². The molecule has 5 heteroatoms. The summed E-state index contributed by atoms with van der Waals surface area (Å²) >= 11 is 0. The number of ether oxygens (including phenoxy) is 1. The number of aromatic nitrogens is 1. The van der Waals surface area contributed by atoms with Crippen LogP contribution in [0.2, 0.25) is 0 Å². The molecule has 2 aromatic rings. The first-order valence-electron chi connectivity index (χ1n) is 7.62. The number of aliphatic hydroxyl groups is 1. The van der Waals surface area contributed by atoms with Gasteiger partial charge in [-0.1, -0.05) is 17.3 Å². The highest BCUT2D eigenvalue weighted by atomic mass is 16.5. The van der Waals surface area contributed by atoms with Crippen molar-refractivity contribution >= 4 is 0 Å². The smallest absolute Gasteiger partial charge is 0.150 e. The second-order valence-corrected chi connectivity index (χ2v) is 5.98. The summed E-state index contributed by atoms with van der Waals surface area (Å²) in [5.74, 6) is 1.63. The molecule has 118 valence electrons. The topological polar surface area (TPSA) is 58.7 Å². The maximum atomic E-state index is 11.1. The lowest BCUT2D eigenvalue weighted by atomic mass is 9.86. The van der Waals surface area contributed by atoms with Crippen LogP contribution >= 0.6 is 0 Å². The molecule has 0 aliphatic carbocycles. The third-order valence-electron chi connectivity index (χ3n) is 4.54. The van der Waals surface area contributed by atoms with E-state index < -0.39 is 5.60 Å². The van der Waals surface area contributed by atoms with E-state index >= 15 is 0 Å². The summed E-state index contributed by atoms with van der Waals surface area (Å²) in [5, 5.41) is 14.9. The van der Waals surface area contributed by atoms with E-state index in [0.29, 0.717) is 6.54 Å². The van der Waals surface area contributed by atoms with Crippen molar-refractivity contribution < 1.29 is 14.4 Å². The molecule has 1 N–H and O–H groups in total. The van der Waals surface area contributed by atoms with E-state index in [-0.39, 0.29) is 6.04 Å². The van der Waals surface area contributed by atoms with Gasteiger partial charge in [0.05, 0.1) is 19.9 Å². The third-order valence-corrected chi connectivity index (χ3v) is 4.54. The zero-order valence-corrected chi connectivity index (χ0v) is 13.0. The van der Waals surface area contributed by atoms with Crippen LogP contribution in [0.5, 0.6) is 5.75 Å². The number of nitrogens with zero attached hydrogens (tertiary/aromatic N) is 2. The van der Waals surface area contributed by atoms with Crippen LogP contribution in [0.15, 0.2) is 41.1 Å². The van der Waals surface area contributed by atoms with Crippen LogP contribution < -0.4 is 4.74 Å². The highest BCUT2D eigenvalue weighted by molar-refractivity contribution is 5.31. The molecule has 1 aromatic heterocycles. The highest BCUT2D eigenvalue weighted by Crippen LogP contribution is 2.36. The summed E-state index contributed by atoms with van der Waals surface area (Å²) in [6.07, 6.45) is 3.69. The minimum atomic E-state index is -0.914. The van der Waals surface area contributed by atoms with Gasteiger partial charge in [-0.05, 0) is 44.0 Å². The number of benzene rings is 1. The van der Waals surface area contributed by atoms with Crippen molar-refractivity contribution in [2.45, 2.75) is 38.0 Å². The Morgan fingerprint density at radius 2 is 2.14 bits per heavy atom. The van der Waals surface area contributed by atoms with Crippen LogP contribution in [0.25, 0.3) is 0 Å². The predicted octanol–water partition coefficient (Wildman–Crippen LogP) is 2.56. The van der Waals surface area contributed by atoms with Gasteiger partial charge >= 0.3 is 0 Å². The second kappa shape index (κ2) is 6.10. The van der Waals surface area contributed by atoms with Gasteiger partial charge in [0, 0.05) is 12.1 Å². The molecule has 3 rings (SSSR count). The first-order valence-corrected chi connectivity index (χ1v) is 7.62. The third kappa shape index (κ3) is 2.87.